The van der Waals surface area contributed by atoms with Gasteiger partial charge in [-0.05, 0) is 12.1 Å². The van der Waals surface area contributed by atoms with Gasteiger partial charge in [0.2, 0.25) is 0 Å². The average molecular weight is 175 g/mol. The number of pyridine rings is 1. The van der Waals surface area contributed by atoms with E-state index in [4.69, 9.17) is 4.74 Å². The van der Waals surface area contributed by atoms with Crippen LogP contribution in [0.4, 0.5) is 0 Å². The van der Waals surface area contributed by atoms with E-state index in [-0.39, 0.29) is 0 Å². The van der Waals surface area contributed by atoms with Crippen molar-refractivity contribution in [2.75, 3.05) is 0 Å². The molecule has 13 heavy (non-hydrogen) atoms. The minimum Gasteiger partial charge on any atom is -0.454 e. The molecule has 4 nitrogen and oxygen atoms in total. The lowest BCUT2D eigenvalue weighted by molar-refractivity contribution is 0.481. The van der Waals surface area contributed by atoms with Crippen molar-refractivity contribution >= 4 is 0 Å². The van der Waals surface area contributed by atoms with Crippen LogP contribution in [0.3, 0.4) is 0 Å². The van der Waals surface area contributed by atoms with Crippen molar-refractivity contribution in [3.8, 4) is 11.5 Å². The summed E-state index contributed by atoms with van der Waals surface area (Å²) >= 11 is 0. The van der Waals surface area contributed by atoms with Gasteiger partial charge in [0.25, 0.3) is 0 Å². The van der Waals surface area contributed by atoms with Crippen LogP contribution in [-0.4, -0.2) is 14.8 Å². The van der Waals surface area contributed by atoms with E-state index in [1.807, 2.05) is 7.05 Å². The van der Waals surface area contributed by atoms with Crippen molar-refractivity contribution in [1.82, 2.24) is 14.8 Å². The Hall–Kier alpha value is -1.84. The molecule has 4 heteroatoms. The maximum absolute atomic E-state index is 5.48. The lowest BCUT2D eigenvalue weighted by Crippen LogP contribution is -1.84. The topological polar surface area (TPSA) is 39.9 Å². The van der Waals surface area contributed by atoms with Crippen LogP contribution in [0, 0.1) is 0 Å². The van der Waals surface area contributed by atoms with Gasteiger partial charge in [0.1, 0.15) is 5.75 Å². The molecule has 2 heterocycles. The van der Waals surface area contributed by atoms with Crippen molar-refractivity contribution in [1.29, 1.82) is 0 Å². The molecule has 0 N–H and O–H groups in total. The molecule has 0 bridgehead atoms. The van der Waals surface area contributed by atoms with Crippen LogP contribution >= 0.6 is 0 Å². The molecular formula is C9H9N3O. The van der Waals surface area contributed by atoms with Gasteiger partial charge in [-0.2, -0.15) is 5.10 Å². The maximum Gasteiger partial charge on any atom is 0.165 e. The highest BCUT2D eigenvalue weighted by Crippen LogP contribution is 2.18. The fourth-order valence-corrected chi connectivity index (χ4v) is 0.994. The lowest BCUT2D eigenvalue weighted by atomic mass is 10.4. The normalized spacial score (nSPS) is 9.92. The SMILES string of the molecule is Cn1cc(Oc2ccncc2)cn1. The van der Waals surface area contributed by atoms with Crippen LogP contribution in [0.2, 0.25) is 0 Å². The van der Waals surface area contributed by atoms with E-state index in [2.05, 4.69) is 10.1 Å². The first-order chi connectivity index (χ1) is 6.34. The molecule has 2 aromatic rings. The summed E-state index contributed by atoms with van der Waals surface area (Å²) < 4.78 is 7.17. The van der Waals surface area contributed by atoms with Gasteiger partial charge in [0.15, 0.2) is 5.75 Å². The second-order valence-electron chi connectivity index (χ2n) is 2.63. The van der Waals surface area contributed by atoms with Crippen LogP contribution in [0.15, 0.2) is 36.9 Å². The zero-order valence-electron chi connectivity index (χ0n) is 7.21. The van der Waals surface area contributed by atoms with E-state index in [0.717, 1.165) is 11.5 Å². The summed E-state index contributed by atoms with van der Waals surface area (Å²) in [6.07, 6.45) is 6.85. The Labute approximate surface area is 75.8 Å². The molecule has 0 radical (unpaired) electrons. The average Bonchev–Trinajstić information content (AvgIpc) is 2.53. The molecule has 0 aromatic carbocycles. The summed E-state index contributed by atoms with van der Waals surface area (Å²) in [4.78, 5) is 3.89. The summed E-state index contributed by atoms with van der Waals surface area (Å²) in [6.45, 7) is 0. The highest BCUT2D eigenvalue weighted by molar-refractivity contribution is 5.25. The van der Waals surface area contributed by atoms with Gasteiger partial charge < -0.3 is 4.74 Å². The van der Waals surface area contributed by atoms with E-state index in [1.165, 1.54) is 0 Å². The van der Waals surface area contributed by atoms with Gasteiger partial charge in [-0.15, -0.1) is 0 Å². The van der Waals surface area contributed by atoms with Gasteiger partial charge >= 0.3 is 0 Å². The van der Waals surface area contributed by atoms with Crippen molar-refractivity contribution in [3.63, 3.8) is 0 Å². The molecule has 0 saturated heterocycles. The molecule has 0 atom stereocenters. The third kappa shape index (κ3) is 1.84. The van der Waals surface area contributed by atoms with Gasteiger partial charge in [-0.1, -0.05) is 0 Å². The predicted molar refractivity (Wildman–Crippen MR) is 47.5 cm³/mol. The summed E-state index contributed by atoms with van der Waals surface area (Å²) in [7, 11) is 1.85. The van der Waals surface area contributed by atoms with Crippen molar-refractivity contribution in [3.05, 3.63) is 36.9 Å². The van der Waals surface area contributed by atoms with E-state index >= 15 is 0 Å². The van der Waals surface area contributed by atoms with Crippen molar-refractivity contribution < 1.29 is 4.74 Å². The second kappa shape index (κ2) is 3.26. The number of nitrogens with zero attached hydrogens (tertiary/aromatic N) is 3. The summed E-state index contributed by atoms with van der Waals surface area (Å²) in [5.74, 6) is 1.50. The van der Waals surface area contributed by atoms with Crippen LogP contribution in [-0.2, 0) is 7.05 Å². The second-order valence-corrected chi connectivity index (χ2v) is 2.63. The largest absolute Gasteiger partial charge is 0.454 e. The molecule has 0 aliphatic rings. The van der Waals surface area contributed by atoms with E-state index in [9.17, 15) is 0 Å². The molecule has 0 unspecified atom stereocenters. The molecule has 0 spiro atoms. The highest BCUT2D eigenvalue weighted by atomic mass is 16.5. The monoisotopic (exact) mass is 175 g/mol. The molecule has 0 aliphatic carbocycles. The third-order valence-electron chi connectivity index (χ3n) is 1.57. The van der Waals surface area contributed by atoms with Crippen molar-refractivity contribution in [2.45, 2.75) is 0 Å². The highest BCUT2D eigenvalue weighted by Gasteiger charge is 1.97. The number of hydrogen-bond donors (Lipinski definition) is 0. The number of hydrogen-bond acceptors (Lipinski definition) is 3. The first-order valence-electron chi connectivity index (χ1n) is 3.91. The number of ether oxygens (including phenoxy) is 1. The Morgan fingerprint density at radius 1 is 1.23 bits per heavy atom. The van der Waals surface area contributed by atoms with Gasteiger partial charge in [0.05, 0.1) is 12.4 Å². The molecule has 2 aromatic heterocycles. The quantitative estimate of drug-likeness (QED) is 0.696. The maximum atomic E-state index is 5.48. The zero-order chi connectivity index (χ0) is 9.10. The zero-order valence-corrected chi connectivity index (χ0v) is 7.21. The van der Waals surface area contributed by atoms with Crippen LogP contribution in [0.1, 0.15) is 0 Å². The Bertz CT molecular complexity index is 383. The minimum atomic E-state index is 0.730. The van der Waals surface area contributed by atoms with Gasteiger partial charge in [-0.3, -0.25) is 9.67 Å². The van der Waals surface area contributed by atoms with E-state index < -0.39 is 0 Å². The third-order valence-corrected chi connectivity index (χ3v) is 1.57. The Kier molecular flexibility index (Phi) is 1.96. The molecule has 0 aliphatic heterocycles. The Balaban J connectivity index is 2.15. The molecule has 66 valence electrons. The fraction of sp³-hybridized carbons (Fsp3) is 0.111. The number of rotatable bonds is 2. The summed E-state index contributed by atoms with van der Waals surface area (Å²) in [6, 6.07) is 3.60. The number of aromatic nitrogens is 3. The molecule has 0 saturated carbocycles. The Morgan fingerprint density at radius 2 is 2.00 bits per heavy atom. The molecule has 2 rings (SSSR count). The molecular weight excluding hydrogens is 166 g/mol. The molecule has 0 amide bonds. The summed E-state index contributed by atoms with van der Waals surface area (Å²) in [5.41, 5.74) is 0. The summed E-state index contributed by atoms with van der Waals surface area (Å²) in [5, 5.41) is 3.99. The number of aryl methyl sites for hydroxylation is 1. The van der Waals surface area contributed by atoms with E-state index in [1.54, 1.807) is 41.6 Å². The van der Waals surface area contributed by atoms with Crippen molar-refractivity contribution in [2.24, 2.45) is 7.05 Å². The standard InChI is InChI=1S/C9H9N3O/c1-12-7-9(6-11-12)13-8-2-4-10-5-3-8/h2-7H,1H3. The van der Waals surface area contributed by atoms with Crippen LogP contribution in [0.25, 0.3) is 0 Å². The first kappa shape index (κ1) is 7.79. The van der Waals surface area contributed by atoms with Crippen LogP contribution < -0.4 is 4.74 Å². The first-order valence-corrected chi connectivity index (χ1v) is 3.91. The lowest BCUT2D eigenvalue weighted by Gasteiger charge is -1.99. The Morgan fingerprint density at radius 3 is 2.62 bits per heavy atom. The van der Waals surface area contributed by atoms with Gasteiger partial charge in [-0.25, -0.2) is 0 Å². The minimum absolute atomic E-state index is 0.730. The predicted octanol–water partition coefficient (Wildman–Crippen LogP) is 1.61. The van der Waals surface area contributed by atoms with Crippen LogP contribution in [0.5, 0.6) is 11.5 Å². The van der Waals surface area contributed by atoms with E-state index in [0.29, 0.717) is 0 Å². The smallest absolute Gasteiger partial charge is 0.165 e. The fourth-order valence-electron chi connectivity index (χ4n) is 0.994. The molecule has 0 fully saturated rings. The van der Waals surface area contributed by atoms with Gasteiger partial charge in [0, 0.05) is 19.4 Å².